The number of sulfonamides is 1. The van der Waals surface area contributed by atoms with Gasteiger partial charge in [-0.2, -0.15) is 4.31 Å². The number of carbonyl (C=O) groups excluding carboxylic acids is 1. The molecule has 2 aromatic rings. The van der Waals surface area contributed by atoms with Crippen LogP contribution < -0.4 is 20.5 Å². The standard InChI is InChI=1S/C25H35N3O6S/c1-5-28(35(31,32)18-11-12-21-22(14-18)34-16-33-21)15-20(29)19(13-17-9-7-6-8-10-17)27-24(30)23(26)25(2,3)4/h6-12,14,19-20,23,29H,5,13,15-16,26H2,1-4H3,(H,27,30). The topological polar surface area (TPSA) is 131 Å². The predicted octanol–water partition coefficient (Wildman–Crippen LogP) is 1.89. The normalized spacial score (nSPS) is 16.1. The summed E-state index contributed by atoms with van der Waals surface area (Å²) >= 11 is 0. The SMILES string of the molecule is CCN(CC(O)C(Cc1ccccc1)NC(=O)C(N)C(C)(C)C)S(=O)(=O)c1ccc2c(c1)OCO2. The minimum absolute atomic E-state index is 0.0343. The number of hydrogen-bond donors (Lipinski definition) is 3. The number of aliphatic hydroxyl groups is 1. The number of nitrogens with zero attached hydrogens (tertiary/aromatic N) is 1. The monoisotopic (exact) mass is 505 g/mol. The molecule has 4 N–H and O–H groups in total. The lowest BCUT2D eigenvalue weighted by molar-refractivity contribution is -0.126. The number of rotatable bonds is 10. The highest BCUT2D eigenvalue weighted by molar-refractivity contribution is 7.89. The number of carbonyl (C=O) groups is 1. The van der Waals surface area contributed by atoms with E-state index in [9.17, 15) is 18.3 Å². The lowest BCUT2D eigenvalue weighted by atomic mass is 9.86. The Balaban J connectivity index is 1.82. The second-order valence-electron chi connectivity index (χ2n) is 9.69. The molecule has 0 spiro atoms. The quantitative estimate of drug-likeness (QED) is 0.449. The van der Waals surface area contributed by atoms with E-state index < -0.39 is 39.5 Å². The van der Waals surface area contributed by atoms with Crippen LogP contribution in [0.25, 0.3) is 0 Å². The molecule has 1 aliphatic rings. The van der Waals surface area contributed by atoms with Crippen molar-refractivity contribution >= 4 is 15.9 Å². The molecular formula is C25H35N3O6S. The van der Waals surface area contributed by atoms with Gasteiger partial charge in [0.15, 0.2) is 11.5 Å². The number of hydrogen-bond acceptors (Lipinski definition) is 7. The molecule has 3 atom stereocenters. The van der Waals surface area contributed by atoms with Crippen molar-refractivity contribution in [3.8, 4) is 11.5 Å². The van der Waals surface area contributed by atoms with Gasteiger partial charge in [-0.05, 0) is 29.5 Å². The van der Waals surface area contributed by atoms with Crippen molar-refractivity contribution in [1.29, 1.82) is 0 Å². The van der Waals surface area contributed by atoms with E-state index in [0.29, 0.717) is 17.9 Å². The van der Waals surface area contributed by atoms with Crippen LogP contribution in [0.1, 0.15) is 33.3 Å². The fraction of sp³-hybridized carbons (Fsp3) is 0.480. The lowest BCUT2D eigenvalue weighted by Gasteiger charge is -2.32. The van der Waals surface area contributed by atoms with Crippen LogP contribution in [0.2, 0.25) is 0 Å². The highest BCUT2D eigenvalue weighted by Crippen LogP contribution is 2.34. The molecular weight excluding hydrogens is 470 g/mol. The third-order valence-electron chi connectivity index (χ3n) is 6.03. The Bertz CT molecular complexity index is 1120. The zero-order chi connectivity index (χ0) is 25.8. The van der Waals surface area contributed by atoms with E-state index in [2.05, 4.69) is 5.32 Å². The van der Waals surface area contributed by atoms with Crippen molar-refractivity contribution in [3.63, 3.8) is 0 Å². The third-order valence-corrected chi connectivity index (χ3v) is 7.97. The fourth-order valence-corrected chi connectivity index (χ4v) is 5.22. The number of ether oxygens (including phenoxy) is 2. The Morgan fingerprint density at radius 3 is 2.43 bits per heavy atom. The fourth-order valence-electron chi connectivity index (χ4n) is 3.74. The molecule has 0 radical (unpaired) electrons. The van der Waals surface area contributed by atoms with Crippen molar-refractivity contribution in [2.75, 3.05) is 19.9 Å². The Hall–Kier alpha value is -2.66. The molecule has 1 aliphatic heterocycles. The molecule has 0 saturated heterocycles. The molecule has 35 heavy (non-hydrogen) atoms. The van der Waals surface area contributed by atoms with Crippen molar-refractivity contribution in [3.05, 3.63) is 54.1 Å². The van der Waals surface area contributed by atoms with Crippen LogP contribution in [0.3, 0.4) is 0 Å². The average molecular weight is 506 g/mol. The molecule has 3 rings (SSSR count). The summed E-state index contributed by atoms with van der Waals surface area (Å²) in [6, 6.07) is 12.2. The van der Waals surface area contributed by atoms with Gasteiger partial charge in [-0.15, -0.1) is 0 Å². The van der Waals surface area contributed by atoms with Gasteiger partial charge in [-0.3, -0.25) is 4.79 Å². The van der Waals surface area contributed by atoms with Gasteiger partial charge >= 0.3 is 0 Å². The van der Waals surface area contributed by atoms with Crippen molar-refractivity contribution in [2.45, 2.75) is 57.2 Å². The van der Waals surface area contributed by atoms with Crippen molar-refractivity contribution < 1.29 is 27.8 Å². The van der Waals surface area contributed by atoms with Crippen molar-refractivity contribution in [2.24, 2.45) is 11.1 Å². The van der Waals surface area contributed by atoms with Crippen LogP contribution in [0.4, 0.5) is 0 Å². The molecule has 0 saturated carbocycles. The zero-order valence-corrected chi connectivity index (χ0v) is 21.4. The van der Waals surface area contributed by atoms with Gasteiger partial charge in [-0.1, -0.05) is 58.0 Å². The lowest BCUT2D eigenvalue weighted by Crippen LogP contribution is -2.56. The molecule has 192 valence electrons. The smallest absolute Gasteiger partial charge is 0.243 e. The first kappa shape index (κ1) is 26.9. The maximum absolute atomic E-state index is 13.4. The Labute approximate surface area is 207 Å². The molecule has 0 fully saturated rings. The maximum Gasteiger partial charge on any atom is 0.243 e. The number of fused-ring (bicyclic) bond motifs is 1. The molecule has 0 aliphatic carbocycles. The largest absolute Gasteiger partial charge is 0.454 e. The van der Waals surface area contributed by atoms with Gasteiger partial charge in [0.25, 0.3) is 0 Å². The first-order valence-corrected chi connectivity index (χ1v) is 13.0. The van der Waals surface area contributed by atoms with Gasteiger partial charge in [0, 0.05) is 19.2 Å². The van der Waals surface area contributed by atoms with E-state index in [1.807, 2.05) is 51.1 Å². The number of nitrogens with two attached hydrogens (primary N) is 1. The Kier molecular flexibility index (Phi) is 8.42. The first-order chi connectivity index (χ1) is 16.4. The van der Waals surface area contributed by atoms with Gasteiger partial charge in [0.1, 0.15) is 0 Å². The van der Waals surface area contributed by atoms with E-state index in [0.717, 1.165) is 5.56 Å². The molecule has 0 aromatic heterocycles. The molecule has 0 bridgehead atoms. The zero-order valence-electron chi connectivity index (χ0n) is 20.6. The maximum atomic E-state index is 13.4. The molecule has 3 unspecified atom stereocenters. The minimum atomic E-state index is -3.94. The summed E-state index contributed by atoms with van der Waals surface area (Å²) in [6.45, 7) is 7.21. The van der Waals surface area contributed by atoms with Gasteiger partial charge in [-0.25, -0.2) is 8.42 Å². The molecule has 9 nitrogen and oxygen atoms in total. The summed E-state index contributed by atoms with van der Waals surface area (Å²) in [5.41, 5.74) is 6.54. The summed E-state index contributed by atoms with van der Waals surface area (Å²) < 4.78 is 38.5. The minimum Gasteiger partial charge on any atom is -0.454 e. The van der Waals surface area contributed by atoms with Gasteiger partial charge < -0.3 is 25.6 Å². The van der Waals surface area contributed by atoms with Crippen LogP contribution >= 0.6 is 0 Å². The second kappa shape index (κ2) is 10.9. The van der Waals surface area contributed by atoms with E-state index in [-0.39, 0.29) is 24.8 Å². The van der Waals surface area contributed by atoms with Crippen LogP contribution in [0.15, 0.2) is 53.4 Å². The van der Waals surface area contributed by atoms with Crippen LogP contribution in [-0.2, 0) is 21.2 Å². The molecule has 1 heterocycles. The third kappa shape index (κ3) is 6.52. The van der Waals surface area contributed by atoms with Gasteiger partial charge in [0.2, 0.25) is 22.7 Å². The van der Waals surface area contributed by atoms with E-state index in [4.69, 9.17) is 15.2 Å². The number of benzene rings is 2. The summed E-state index contributed by atoms with van der Waals surface area (Å²) in [6.07, 6.45) is -0.873. The number of amides is 1. The van der Waals surface area contributed by atoms with Crippen LogP contribution in [-0.4, -0.2) is 61.8 Å². The van der Waals surface area contributed by atoms with Gasteiger partial charge in [0.05, 0.1) is 23.1 Å². The van der Waals surface area contributed by atoms with Crippen LogP contribution in [0.5, 0.6) is 11.5 Å². The first-order valence-electron chi connectivity index (χ1n) is 11.6. The number of nitrogens with one attached hydrogen (secondary N) is 1. The molecule has 10 heteroatoms. The van der Waals surface area contributed by atoms with E-state index >= 15 is 0 Å². The summed E-state index contributed by atoms with van der Waals surface area (Å²) in [5.74, 6) is 0.431. The Morgan fingerprint density at radius 1 is 1.14 bits per heavy atom. The molecule has 2 aromatic carbocycles. The summed E-state index contributed by atoms with van der Waals surface area (Å²) in [5, 5.41) is 14.0. The predicted molar refractivity (Wildman–Crippen MR) is 133 cm³/mol. The average Bonchev–Trinajstić information content (AvgIpc) is 3.29. The summed E-state index contributed by atoms with van der Waals surface area (Å²) in [4.78, 5) is 12.9. The Morgan fingerprint density at radius 2 is 1.80 bits per heavy atom. The van der Waals surface area contributed by atoms with Crippen LogP contribution in [0, 0.1) is 5.41 Å². The summed E-state index contributed by atoms with van der Waals surface area (Å²) in [7, 11) is -3.94. The highest BCUT2D eigenvalue weighted by atomic mass is 32.2. The van der Waals surface area contributed by atoms with E-state index in [1.54, 1.807) is 13.0 Å². The number of aliphatic hydroxyl groups excluding tert-OH is 1. The van der Waals surface area contributed by atoms with E-state index in [1.165, 1.54) is 16.4 Å². The number of likely N-dealkylation sites (N-methyl/N-ethyl adjacent to an activating group) is 1. The highest BCUT2D eigenvalue weighted by Gasteiger charge is 2.34. The molecule has 1 amide bonds. The second-order valence-corrected chi connectivity index (χ2v) is 11.6. The van der Waals surface area contributed by atoms with Crippen molar-refractivity contribution in [1.82, 2.24) is 9.62 Å².